The molecule has 84 valence electrons. The van der Waals surface area contributed by atoms with E-state index in [0.717, 1.165) is 11.1 Å². The molecule has 2 atom stereocenters. The number of aliphatic hydroxyl groups excluding tert-OH is 1. The average molecular weight is 209 g/mol. The summed E-state index contributed by atoms with van der Waals surface area (Å²) in [6.45, 7) is 6.21. The largest absolute Gasteiger partial charge is 0.508 e. The molecule has 1 aromatic rings. The molecule has 0 amide bonds. The zero-order valence-electron chi connectivity index (χ0n) is 9.49. The molecule has 0 radical (unpaired) electrons. The number of hydrogen-bond donors (Lipinski definition) is 3. The quantitative estimate of drug-likeness (QED) is 0.708. The fourth-order valence-electron chi connectivity index (χ4n) is 1.48. The zero-order valence-corrected chi connectivity index (χ0v) is 9.49. The Morgan fingerprint density at radius 1 is 1.33 bits per heavy atom. The molecule has 1 rings (SSSR count). The third-order valence-electron chi connectivity index (χ3n) is 2.37. The fraction of sp³-hybridized carbons (Fsp3) is 0.500. The molecule has 0 aliphatic carbocycles. The van der Waals surface area contributed by atoms with Crippen molar-refractivity contribution in [3.8, 4) is 5.75 Å². The molecule has 0 aliphatic heterocycles. The Labute approximate surface area is 90.8 Å². The van der Waals surface area contributed by atoms with E-state index < -0.39 is 0 Å². The highest BCUT2D eigenvalue weighted by molar-refractivity contribution is 5.37. The minimum absolute atomic E-state index is 0.0412. The van der Waals surface area contributed by atoms with Gasteiger partial charge in [0.15, 0.2) is 0 Å². The van der Waals surface area contributed by atoms with E-state index in [9.17, 15) is 5.11 Å². The van der Waals surface area contributed by atoms with Crippen molar-refractivity contribution >= 4 is 0 Å². The van der Waals surface area contributed by atoms with Crippen molar-refractivity contribution < 1.29 is 10.2 Å². The van der Waals surface area contributed by atoms with Crippen LogP contribution < -0.4 is 5.32 Å². The molecule has 1 aromatic carbocycles. The van der Waals surface area contributed by atoms with Gasteiger partial charge in [0.2, 0.25) is 0 Å². The van der Waals surface area contributed by atoms with Crippen molar-refractivity contribution in [1.82, 2.24) is 5.32 Å². The molecule has 0 aliphatic rings. The molecule has 0 spiro atoms. The Morgan fingerprint density at radius 3 is 2.60 bits per heavy atom. The van der Waals surface area contributed by atoms with Gasteiger partial charge < -0.3 is 15.5 Å². The van der Waals surface area contributed by atoms with E-state index in [1.165, 1.54) is 0 Å². The Kier molecular flexibility index (Phi) is 4.12. The third kappa shape index (κ3) is 3.53. The summed E-state index contributed by atoms with van der Waals surface area (Å²) in [6.07, 6.45) is -0.376. The van der Waals surface area contributed by atoms with Crippen LogP contribution in [0.3, 0.4) is 0 Å². The molecule has 3 nitrogen and oxygen atoms in total. The Balaban J connectivity index is 2.72. The molecule has 0 aromatic heterocycles. The van der Waals surface area contributed by atoms with Crippen molar-refractivity contribution in [2.45, 2.75) is 32.9 Å². The van der Waals surface area contributed by atoms with E-state index in [4.69, 9.17) is 5.11 Å². The lowest BCUT2D eigenvalue weighted by molar-refractivity contribution is 0.187. The highest BCUT2D eigenvalue weighted by Crippen LogP contribution is 2.24. The van der Waals surface area contributed by atoms with Crippen molar-refractivity contribution in [2.75, 3.05) is 6.54 Å². The zero-order chi connectivity index (χ0) is 11.4. The number of nitrogens with one attached hydrogen (secondary N) is 1. The summed E-state index contributed by atoms with van der Waals surface area (Å²) in [6, 6.07) is 5.57. The summed E-state index contributed by atoms with van der Waals surface area (Å²) in [7, 11) is 0. The van der Waals surface area contributed by atoms with Crippen LogP contribution >= 0.6 is 0 Å². The third-order valence-corrected chi connectivity index (χ3v) is 2.37. The maximum atomic E-state index is 9.67. The van der Waals surface area contributed by atoms with Crippen LogP contribution in [0.5, 0.6) is 5.75 Å². The molecular formula is C12H19NO2. The first-order chi connectivity index (χ1) is 7.00. The lowest BCUT2D eigenvalue weighted by Crippen LogP contribution is -2.27. The van der Waals surface area contributed by atoms with Gasteiger partial charge in [-0.1, -0.05) is 17.7 Å². The van der Waals surface area contributed by atoms with Gasteiger partial charge in [0.1, 0.15) is 5.75 Å². The molecule has 0 saturated carbocycles. The predicted octanol–water partition coefficient (Wildman–Crippen LogP) is 1.73. The lowest BCUT2D eigenvalue weighted by Gasteiger charge is -2.17. The Bertz CT molecular complexity index is 323. The SMILES string of the molecule is Cc1ccc(O)c(C(C)NC[C@@H](C)O)c1. The highest BCUT2D eigenvalue weighted by atomic mass is 16.3. The van der Waals surface area contributed by atoms with Gasteiger partial charge in [-0.2, -0.15) is 0 Å². The Hall–Kier alpha value is -1.06. The number of aromatic hydroxyl groups is 1. The molecule has 0 saturated heterocycles. The van der Waals surface area contributed by atoms with Gasteiger partial charge >= 0.3 is 0 Å². The van der Waals surface area contributed by atoms with Crippen LogP contribution in [0.15, 0.2) is 18.2 Å². The highest BCUT2D eigenvalue weighted by Gasteiger charge is 2.10. The van der Waals surface area contributed by atoms with Crippen molar-refractivity contribution in [2.24, 2.45) is 0 Å². The number of aliphatic hydroxyl groups is 1. The van der Waals surface area contributed by atoms with Gasteiger partial charge in [0, 0.05) is 18.2 Å². The number of phenols is 1. The number of aryl methyl sites for hydroxylation is 1. The maximum Gasteiger partial charge on any atom is 0.120 e. The fourth-order valence-corrected chi connectivity index (χ4v) is 1.48. The summed E-state index contributed by atoms with van der Waals surface area (Å²) in [5.41, 5.74) is 1.99. The first-order valence-electron chi connectivity index (χ1n) is 5.21. The minimum Gasteiger partial charge on any atom is -0.508 e. The van der Waals surface area contributed by atoms with Crippen LogP contribution in [0.1, 0.15) is 31.0 Å². The number of phenolic OH excluding ortho intramolecular Hbond substituents is 1. The van der Waals surface area contributed by atoms with E-state index >= 15 is 0 Å². The summed E-state index contributed by atoms with van der Waals surface area (Å²) in [5.74, 6) is 0.297. The van der Waals surface area contributed by atoms with Crippen LogP contribution in [0.25, 0.3) is 0 Å². The molecular weight excluding hydrogens is 190 g/mol. The summed E-state index contributed by atoms with van der Waals surface area (Å²) in [5, 5.41) is 22.0. The molecule has 1 unspecified atom stereocenters. The summed E-state index contributed by atoms with van der Waals surface area (Å²) in [4.78, 5) is 0. The minimum atomic E-state index is -0.376. The second-order valence-corrected chi connectivity index (χ2v) is 4.04. The average Bonchev–Trinajstić information content (AvgIpc) is 2.18. The van der Waals surface area contributed by atoms with Crippen molar-refractivity contribution in [3.63, 3.8) is 0 Å². The first kappa shape index (κ1) is 12.0. The van der Waals surface area contributed by atoms with Crippen molar-refractivity contribution in [3.05, 3.63) is 29.3 Å². The van der Waals surface area contributed by atoms with Crippen LogP contribution in [-0.4, -0.2) is 22.9 Å². The summed E-state index contributed by atoms with van der Waals surface area (Å²) < 4.78 is 0. The van der Waals surface area contributed by atoms with Crippen LogP contribution in [0.4, 0.5) is 0 Å². The van der Waals surface area contributed by atoms with Gasteiger partial charge in [-0.3, -0.25) is 0 Å². The van der Waals surface area contributed by atoms with E-state index in [1.807, 2.05) is 26.0 Å². The van der Waals surface area contributed by atoms with Crippen LogP contribution in [0.2, 0.25) is 0 Å². The second kappa shape index (κ2) is 5.14. The second-order valence-electron chi connectivity index (χ2n) is 4.04. The molecule has 0 fully saturated rings. The monoisotopic (exact) mass is 209 g/mol. The standard InChI is InChI=1S/C12H19NO2/c1-8-4-5-12(15)11(6-8)10(3)13-7-9(2)14/h4-6,9-10,13-15H,7H2,1-3H3/t9-,10?/m1/s1. The van der Waals surface area contributed by atoms with E-state index in [1.54, 1.807) is 13.0 Å². The van der Waals surface area contributed by atoms with E-state index in [0.29, 0.717) is 12.3 Å². The van der Waals surface area contributed by atoms with Crippen LogP contribution in [0, 0.1) is 6.92 Å². The van der Waals surface area contributed by atoms with Gasteiger partial charge in [0.05, 0.1) is 6.10 Å². The molecule has 3 N–H and O–H groups in total. The molecule has 3 heteroatoms. The predicted molar refractivity (Wildman–Crippen MR) is 60.9 cm³/mol. The van der Waals surface area contributed by atoms with Gasteiger partial charge in [-0.25, -0.2) is 0 Å². The number of rotatable bonds is 4. The maximum absolute atomic E-state index is 9.67. The van der Waals surface area contributed by atoms with E-state index in [-0.39, 0.29) is 12.1 Å². The van der Waals surface area contributed by atoms with Crippen LogP contribution in [-0.2, 0) is 0 Å². The van der Waals surface area contributed by atoms with E-state index in [2.05, 4.69) is 5.32 Å². The number of benzene rings is 1. The van der Waals surface area contributed by atoms with Crippen molar-refractivity contribution in [1.29, 1.82) is 0 Å². The molecule has 15 heavy (non-hydrogen) atoms. The van der Waals surface area contributed by atoms with Gasteiger partial charge in [-0.15, -0.1) is 0 Å². The van der Waals surface area contributed by atoms with Gasteiger partial charge in [-0.05, 0) is 26.8 Å². The normalized spacial score (nSPS) is 14.9. The molecule has 0 heterocycles. The Morgan fingerprint density at radius 2 is 2.00 bits per heavy atom. The lowest BCUT2D eigenvalue weighted by atomic mass is 10.0. The smallest absolute Gasteiger partial charge is 0.120 e. The summed E-state index contributed by atoms with van der Waals surface area (Å²) >= 11 is 0. The molecule has 0 bridgehead atoms. The number of hydrogen-bond acceptors (Lipinski definition) is 3. The van der Waals surface area contributed by atoms with Gasteiger partial charge in [0.25, 0.3) is 0 Å². The topological polar surface area (TPSA) is 52.5 Å². The first-order valence-corrected chi connectivity index (χ1v) is 5.21.